The zero-order valence-corrected chi connectivity index (χ0v) is 13.6. The van der Waals surface area contributed by atoms with Gasteiger partial charge in [0.15, 0.2) is 12.4 Å². The van der Waals surface area contributed by atoms with Crippen LogP contribution in [0.5, 0.6) is 0 Å². The molecule has 0 saturated carbocycles. The van der Waals surface area contributed by atoms with E-state index < -0.39 is 24.3 Å². The number of carbonyl (C=O) groups excluding carboxylic acids is 2. The van der Waals surface area contributed by atoms with Crippen molar-refractivity contribution in [1.29, 1.82) is 15.9 Å². The molecule has 0 aliphatic heterocycles. The van der Waals surface area contributed by atoms with Gasteiger partial charge in [-0.1, -0.05) is 0 Å². The van der Waals surface area contributed by atoms with Crippen molar-refractivity contribution in [3.05, 3.63) is 41.4 Å². The van der Waals surface area contributed by atoms with Gasteiger partial charge in [0, 0.05) is 18.1 Å². The number of ether oxygens (including phenoxy) is 1. The Kier molecular flexibility index (Phi) is 5.15. The van der Waals surface area contributed by atoms with E-state index in [2.05, 4.69) is 0 Å². The van der Waals surface area contributed by atoms with E-state index in [-0.39, 0.29) is 28.5 Å². The number of nitriles is 2. The largest absolute Gasteiger partial charge is 0.454 e. The van der Waals surface area contributed by atoms with Crippen LogP contribution in [-0.2, 0) is 9.53 Å². The van der Waals surface area contributed by atoms with Gasteiger partial charge in [0.05, 0.1) is 6.07 Å². The van der Waals surface area contributed by atoms with Gasteiger partial charge >= 0.3 is 5.97 Å². The minimum Gasteiger partial charge on any atom is -0.454 e. The fourth-order valence-corrected chi connectivity index (χ4v) is 2.23. The number of Topliss-reactive ketones (excluding diaryl/α,β-unsaturated/α-hetero) is 1. The van der Waals surface area contributed by atoms with Crippen molar-refractivity contribution in [1.82, 2.24) is 4.57 Å². The van der Waals surface area contributed by atoms with Crippen LogP contribution in [0.3, 0.4) is 0 Å². The van der Waals surface area contributed by atoms with E-state index in [9.17, 15) is 14.9 Å². The molecule has 0 aliphatic rings. The van der Waals surface area contributed by atoms with Crippen molar-refractivity contribution in [3.63, 3.8) is 0 Å². The molecule has 126 valence electrons. The zero-order valence-electron chi connectivity index (χ0n) is 13.6. The summed E-state index contributed by atoms with van der Waals surface area (Å²) >= 11 is 0. The van der Waals surface area contributed by atoms with Gasteiger partial charge in [0.1, 0.15) is 28.9 Å². The first-order chi connectivity index (χ1) is 11.9. The number of rotatable bonds is 6. The second-order valence-corrected chi connectivity index (χ2v) is 5.20. The van der Waals surface area contributed by atoms with Crippen LogP contribution in [-0.4, -0.2) is 28.6 Å². The quantitative estimate of drug-likeness (QED) is 0.633. The highest BCUT2D eigenvalue weighted by Gasteiger charge is 2.27. The third kappa shape index (κ3) is 3.48. The lowest BCUT2D eigenvalue weighted by molar-refractivity contribution is -0.122. The monoisotopic (exact) mass is 338 g/mol. The van der Waals surface area contributed by atoms with Crippen LogP contribution in [0, 0.1) is 40.9 Å². The standard InChI is InChI=1S/C17H14N4O4/c1-10(20)12(7-18)14(22)9-24-17(23)15-11(2)25-16(13(15)8-19)21-5-3-4-6-21/h3-6,12,20H,9H2,1-2H3/t12-/m0/s1. The number of ketones is 1. The first kappa shape index (κ1) is 17.7. The number of furan rings is 1. The van der Waals surface area contributed by atoms with E-state index in [0.29, 0.717) is 0 Å². The van der Waals surface area contributed by atoms with E-state index in [1.807, 2.05) is 6.07 Å². The van der Waals surface area contributed by atoms with Gasteiger partial charge in [0.2, 0.25) is 5.88 Å². The molecule has 25 heavy (non-hydrogen) atoms. The number of aryl methyl sites for hydroxylation is 1. The van der Waals surface area contributed by atoms with Gasteiger partial charge < -0.3 is 14.6 Å². The average molecular weight is 338 g/mol. The Morgan fingerprint density at radius 2 is 2.00 bits per heavy atom. The number of hydrogen-bond donors (Lipinski definition) is 1. The van der Waals surface area contributed by atoms with Crippen molar-refractivity contribution in [2.45, 2.75) is 13.8 Å². The van der Waals surface area contributed by atoms with Crippen LogP contribution in [0.4, 0.5) is 0 Å². The van der Waals surface area contributed by atoms with Crippen LogP contribution in [0.15, 0.2) is 28.9 Å². The Morgan fingerprint density at radius 3 is 2.52 bits per heavy atom. The number of aromatic nitrogens is 1. The summed E-state index contributed by atoms with van der Waals surface area (Å²) in [7, 11) is 0. The molecule has 0 saturated heterocycles. The molecule has 0 aliphatic carbocycles. The van der Waals surface area contributed by atoms with Crippen LogP contribution in [0.1, 0.15) is 28.6 Å². The number of carbonyl (C=O) groups is 2. The Hall–Kier alpha value is -3.65. The predicted octanol–water partition coefficient (Wildman–Crippen LogP) is 2.16. The molecule has 2 heterocycles. The number of nitrogens with one attached hydrogen (secondary N) is 1. The Labute approximate surface area is 143 Å². The van der Waals surface area contributed by atoms with Crippen LogP contribution in [0.2, 0.25) is 0 Å². The molecule has 0 bridgehead atoms. The summed E-state index contributed by atoms with van der Waals surface area (Å²) in [6.07, 6.45) is 3.31. The van der Waals surface area contributed by atoms with E-state index in [4.69, 9.17) is 19.8 Å². The first-order valence-electron chi connectivity index (χ1n) is 7.22. The molecule has 1 N–H and O–H groups in total. The van der Waals surface area contributed by atoms with Gasteiger partial charge in [-0.05, 0) is 26.0 Å². The Balaban J connectivity index is 2.24. The minimum absolute atomic E-state index is 0.00813. The van der Waals surface area contributed by atoms with Crippen molar-refractivity contribution >= 4 is 17.5 Å². The molecule has 0 unspecified atom stereocenters. The van der Waals surface area contributed by atoms with Crippen LogP contribution >= 0.6 is 0 Å². The Morgan fingerprint density at radius 1 is 1.36 bits per heavy atom. The smallest absolute Gasteiger partial charge is 0.343 e. The van der Waals surface area contributed by atoms with Crippen molar-refractivity contribution in [2.75, 3.05) is 6.61 Å². The van der Waals surface area contributed by atoms with Crippen LogP contribution in [0.25, 0.3) is 5.88 Å². The average Bonchev–Trinajstić information content (AvgIpc) is 3.19. The molecule has 2 rings (SSSR count). The fourth-order valence-electron chi connectivity index (χ4n) is 2.23. The van der Waals surface area contributed by atoms with Crippen LogP contribution < -0.4 is 0 Å². The zero-order chi connectivity index (χ0) is 18.6. The highest BCUT2D eigenvalue weighted by atomic mass is 16.5. The van der Waals surface area contributed by atoms with Gasteiger partial charge in [-0.3, -0.25) is 9.36 Å². The van der Waals surface area contributed by atoms with Gasteiger partial charge in [-0.15, -0.1) is 0 Å². The van der Waals surface area contributed by atoms with E-state index in [1.54, 1.807) is 30.6 Å². The normalized spacial score (nSPS) is 11.2. The molecule has 0 amide bonds. The molecule has 0 spiro atoms. The molecule has 2 aromatic rings. The molecule has 8 nitrogen and oxygen atoms in total. The molecule has 8 heteroatoms. The van der Waals surface area contributed by atoms with Crippen molar-refractivity contribution < 1.29 is 18.7 Å². The lowest BCUT2D eigenvalue weighted by Crippen LogP contribution is -2.25. The second-order valence-electron chi connectivity index (χ2n) is 5.20. The molecule has 0 fully saturated rings. The lowest BCUT2D eigenvalue weighted by Gasteiger charge is -2.07. The SMILES string of the molecule is CC(=N)[C@H](C#N)C(=O)COC(=O)c1c(C)oc(-n2cccc2)c1C#N. The minimum atomic E-state index is -1.26. The third-order valence-electron chi connectivity index (χ3n) is 3.45. The lowest BCUT2D eigenvalue weighted by atomic mass is 10.0. The summed E-state index contributed by atoms with van der Waals surface area (Å²) in [5, 5.41) is 25.6. The third-order valence-corrected chi connectivity index (χ3v) is 3.45. The maximum atomic E-state index is 12.3. The molecular weight excluding hydrogens is 324 g/mol. The number of hydrogen-bond acceptors (Lipinski definition) is 7. The van der Waals surface area contributed by atoms with Gasteiger partial charge in [-0.2, -0.15) is 10.5 Å². The van der Waals surface area contributed by atoms with Crippen molar-refractivity contribution in [3.8, 4) is 18.0 Å². The predicted molar refractivity (Wildman–Crippen MR) is 85.3 cm³/mol. The van der Waals surface area contributed by atoms with E-state index >= 15 is 0 Å². The van der Waals surface area contributed by atoms with E-state index in [1.165, 1.54) is 18.4 Å². The highest BCUT2D eigenvalue weighted by molar-refractivity contribution is 6.06. The maximum Gasteiger partial charge on any atom is 0.343 e. The molecule has 1 atom stereocenters. The van der Waals surface area contributed by atoms with E-state index in [0.717, 1.165) is 0 Å². The van der Waals surface area contributed by atoms with Crippen molar-refractivity contribution in [2.24, 2.45) is 5.92 Å². The van der Waals surface area contributed by atoms with Gasteiger partial charge in [0.25, 0.3) is 0 Å². The summed E-state index contributed by atoms with van der Waals surface area (Å²) in [4.78, 5) is 24.1. The summed E-state index contributed by atoms with van der Waals surface area (Å²) < 4.78 is 11.9. The number of nitrogens with zero attached hydrogens (tertiary/aromatic N) is 3. The molecule has 2 aromatic heterocycles. The molecule has 0 aromatic carbocycles. The summed E-state index contributed by atoms with van der Waals surface area (Å²) in [5.74, 6) is -2.51. The second kappa shape index (κ2) is 7.28. The Bertz CT molecular complexity index is 910. The molecular formula is C17H14N4O4. The summed E-state index contributed by atoms with van der Waals surface area (Å²) in [6, 6.07) is 7.06. The maximum absolute atomic E-state index is 12.3. The molecule has 0 radical (unpaired) electrons. The number of esters is 1. The highest BCUT2D eigenvalue weighted by Crippen LogP contribution is 2.26. The van der Waals surface area contributed by atoms with Gasteiger partial charge in [-0.25, -0.2) is 4.79 Å². The summed E-state index contributed by atoms with van der Waals surface area (Å²) in [6.45, 7) is 2.17. The topological polar surface area (TPSA) is 133 Å². The fraction of sp³-hybridized carbons (Fsp3) is 0.235. The first-order valence-corrected chi connectivity index (χ1v) is 7.22. The summed E-state index contributed by atoms with van der Waals surface area (Å²) in [5.41, 5.74) is -0.207.